The maximum atomic E-state index is 5.41. The highest BCUT2D eigenvalue weighted by Crippen LogP contribution is 2.28. The number of hydrogen-bond acceptors (Lipinski definition) is 6. The molecule has 124 valence electrons. The second kappa shape index (κ2) is 7.00. The molecule has 0 aliphatic carbocycles. The van der Waals surface area contributed by atoms with Crippen molar-refractivity contribution in [3.63, 3.8) is 0 Å². The summed E-state index contributed by atoms with van der Waals surface area (Å²) in [4.78, 5) is 8.82. The van der Waals surface area contributed by atoms with Crippen molar-refractivity contribution in [2.75, 3.05) is 39.2 Å². The summed E-state index contributed by atoms with van der Waals surface area (Å²) in [5, 5.41) is 4.01. The molecule has 1 aliphatic heterocycles. The number of methoxy groups -OCH3 is 1. The molecule has 1 aromatic carbocycles. The number of piperidine rings is 1. The Bertz CT molecular complexity index is 616. The van der Waals surface area contributed by atoms with E-state index in [-0.39, 0.29) is 0 Å². The van der Waals surface area contributed by atoms with Crippen molar-refractivity contribution in [2.45, 2.75) is 25.3 Å². The molecule has 23 heavy (non-hydrogen) atoms. The average Bonchev–Trinajstić information content (AvgIpc) is 3.07. The predicted molar refractivity (Wildman–Crippen MR) is 88.9 cm³/mol. The van der Waals surface area contributed by atoms with Crippen LogP contribution >= 0.6 is 0 Å². The average molecular weight is 316 g/mol. The van der Waals surface area contributed by atoms with Gasteiger partial charge in [-0.3, -0.25) is 4.90 Å². The first kappa shape index (κ1) is 15.8. The van der Waals surface area contributed by atoms with Gasteiger partial charge in [-0.2, -0.15) is 4.98 Å². The molecule has 0 N–H and O–H groups in total. The number of hydrogen-bond donors (Lipinski definition) is 0. The fourth-order valence-corrected chi connectivity index (χ4v) is 2.90. The summed E-state index contributed by atoms with van der Waals surface area (Å²) in [5.41, 5.74) is 1.32. The third kappa shape index (κ3) is 3.82. The minimum Gasteiger partial charge on any atom is -0.497 e. The van der Waals surface area contributed by atoms with Gasteiger partial charge in [0.25, 0.3) is 5.95 Å². The van der Waals surface area contributed by atoms with Gasteiger partial charge < -0.3 is 14.2 Å². The first-order valence-electron chi connectivity index (χ1n) is 8.02. The third-order valence-electron chi connectivity index (χ3n) is 4.33. The van der Waals surface area contributed by atoms with E-state index in [9.17, 15) is 0 Å². The van der Waals surface area contributed by atoms with Crippen molar-refractivity contribution in [3.8, 4) is 5.75 Å². The lowest BCUT2D eigenvalue weighted by atomic mass is 9.96. The van der Waals surface area contributed by atoms with Gasteiger partial charge in [-0.25, -0.2) is 0 Å². The van der Waals surface area contributed by atoms with Gasteiger partial charge in [0, 0.05) is 26.6 Å². The van der Waals surface area contributed by atoms with Crippen molar-refractivity contribution in [1.29, 1.82) is 0 Å². The molecule has 1 aromatic heterocycles. The lowest BCUT2D eigenvalue weighted by molar-refractivity contribution is 0.187. The lowest BCUT2D eigenvalue weighted by Gasteiger charge is -2.30. The van der Waals surface area contributed by atoms with Gasteiger partial charge in [-0.05, 0) is 48.8 Å². The van der Waals surface area contributed by atoms with Gasteiger partial charge >= 0.3 is 0 Å². The molecular formula is C17H24N4O2. The monoisotopic (exact) mass is 316 g/mol. The Labute approximate surface area is 137 Å². The summed E-state index contributed by atoms with van der Waals surface area (Å²) >= 11 is 0. The van der Waals surface area contributed by atoms with Gasteiger partial charge in [0.15, 0.2) is 0 Å². The zero-order valence-corrected chi connectivity index (χ0v) is 14.0. The molecule has 0 bridgehead atoms. The van der Waals surface area contributed by atoms with Gasteiger partial charge in [0.05, 0.1) is 7.11 Å². The standard InChI is InChI=1S/C17H24N4O2/c1-20(2)17-18-16(23-19-17)14-8-10-21(11-9-14)12-13-4-6-15(22-3)7-5-13/h4-7,14H,8-12H2,1-3H3. The van der Waals surface area contributed by atoms with Crippen LogP contribution in [-0.4, -0.2) is 49.3 Å². The smallest absolute Gasteiger partial charge is 0.265 e. The number of nitrogens with zero attached hydrogens (tertiary/aromatic N) is 4. The van der Waals surface area contributed by atoms with Crippen LogP contribution in [0.4, 0.5) is 5.95 Å². The van der Waals surface area contributed by atoms with Crippen LogP contribution < -0.4 is 9.64 Å². The molecule has 2 aromatic rings. The molecular weight excluding hydrogens is 292 g/mol. The zero-order chi connectivity index (χ0) is 16.2. The summed E-state index contributed by atoms with van der Waals surface area (Å²) in [6.07, 6.45) is 2.12. The summed E-state index contributed by atoms with van der Waals surface area (Å²) in [5.74, 6) is 2.71. The summed E-state index contributed by atoms with van der Waals surface area (Å²) in [6.45, 7) is 3.08. The normalized spacial score (nSPS) is 16.5. The van der Waals surface area contributed by atoms with Gasteiger partial charge in [-0.1, -0.05) is 12.1 Å². The molecule has 1 saturated heterocycles. The van der Waals surface area contributed by atoms with Crippen LogP contribution in [-0.2, 0) is 6.54 Å². The molecule has 3 rings (SSSR count). The Morgan fingerprint density at radius 3 is 2.48 bits per heavy atom. The lowest BCUT2D eigenvalue weighted by Crippen LogP contribution is -2.32. The highest BCUT2D eigenvalue weighted by atomic mass is 16.5. The predicted octanol–water partition coefficient (Wildman–Crippen LogP) is 2.52. The largest absolute Gasteiger partial charge is 0.497 e. The Balaban J connectivity index is 1.53. The second-order valence-corrected chi connectivity index (χ2v) is 6.23. The molecule has 1 fully saturated rings. The summed E-state index contributed by atoms with van der Waals surface area (Å²) in [7, 11) is 5.54. The topological polar surface area (TPSA) is 54.6 Å². The van der Waals surface area contributed by atoms with E-state index in [1.807, 2.05) is 31.1 Å². The Morgan fingerprint density at radius 1 is 1.22 bits per heavy atom. The first-order valence-corrected chi connectivity index (χ1v) is 8.02. The highest BCUT2D eigenvalue weighted by molar-refractivity contribution is 5.27. The van der Waals surface area contributed by atoms with E-state index in [0.29, 0.717) is 11.9 Å². The van der Waals surface area contributed by atoms with Crippen molar-refractivity contribution in [1.82, 2.24) is 15.0 Å². The maximum Gasteiger partial charge on any atom is 0.265 e. The van der Waals surface area contributed by atoms with Gasteiger partial charge in [0.1, 0.15) is 5.75 Å². The number of benzene rings is 1. The molecule has 0 radical (unpaired) electrons. The van der Waals surface area contributed by atoms with Gasteiger partial charge in [-0.15, -0.1) is 0 Å². The molecule has 6 heteroatoms. The van der Waals surface area contributed by atoms with Crippen LogP contribution in [0.3, 0.4) is 0 Å². The second-order valence-electron chi connectivity index (χ2n) is 6.23. The Hall–Kier alpha value is -2.08. The van der Waals surface area contributed by atoms with E-state index in [4.69, 9.17) is 9.26 Å². The van der Waals surface area contributed by atoms with E-state index in [1.165, 1.54) is 5.56 Å². The molecule has 0 saturated carbocycles. The van der Waals surface area contributed by atoms with Crippen LogP contribution in [0.15, 0.2) is 28.8 Å². The molecule has 6 nitrogen and oxygen atoms in total. The van der Waals surface area contributed by atoms with E-state index in [0.717, 1.165) is 44.1 Å². The van der Waals surface area contributed by atoms with Crippen molar-refractivity contribution in [3.05, 3.63) is 35.7 Å². The fraction of sp³-hybridized carbons (Fsp3) is 0.529. The van der Waals surface area contributed by atoms with E-state index < -0.39 is 0 Å². The first-order chi connectivity index (χ1) is 11.2. The summed E-state index contributed by atoms with van der Waals surface area (Å²) < 4.78 is 10.6. The molecule has 0 atom stereocenters. The van der Waals surface area contributed by atoms with E-state index in [1.54, 1.807) is 7.11 Å². The van der Waals surface area contributed by atoms with Crippen molar-refractivity contribution in [2.24, 2.45) is 0 Å². The number of anilines is 1. The van der Waals surface area contributed by atoms with Crippen LogP contribution in [0.2, 0.25) is 0 Å². The zero-order valence-electron chi connectivity index (χ0n) is 14.0. The molecule has 0 amide bonds. The minimum atomic E-state index is 0.378. The van der Waals surface area contributed by atoms with Crippen LogP contribution in [0.5, 0.6) is 5.75 Å². The minimum absolute atomic E-state index is 0.378. The fourth-order valence-electron chi connectivity index (χ4n) is 2.90. The number of aromatic nitrogens is 2. The van der Waals surface area contributed by atoms with Crippen LogP contribution in [0.1, 0.15) is 30.2 Å². The molecule has 0 spiro atoms. The van der Waals surface area contributed by atoms with Crippen molar-refractivity contribution < 1.29 is 9.26 Å². The van der Waals surface area contributed by atoms with Crippen LogP contribution in [0, 0.1) is 0 Å². The quantitative estimate of drug-likeness (QED) is 0.845. The molecule has 1 aliphatic rings. The maximum absolute atomic E-state index is 5.41. The number of likely N-dealkylation sites (tertiary alicyclic amines) is 1. The van der Waals surface area contributed by atoms with E-state index >= 15 is 0 Å². The number of rotatable bonds is 5. The van der Waals surface area contributed by atoms with Crippen LogP contribution in [0.25, 0.3) is 0 Å². The Morgan fingerprint density at radius 2 is 1.91 bits per heavy atom. The van der Waals surface area contributed by atoms with E-state index in [2.05, 4.69) is 27.2 Å². The van der Waals surface area contributed by atoms with Crippen molar-refractivity contribution >= 4 is 5.95 Å². The third-order valence-corrected chi connectivity index (χ3v) is 4.33. The SMILES string of the molecule is COc1ccc(CN2CCC(c3nc(N(C)C)no3)CC2)cc1. The van der Waals surface area contributed by atoms with Gasteiger partial charge in [0.2, 0.25) is 5.89 Å². The highest BCUT2D eigenvalue weighted by Gasteiger charge is 2.25. The number of ether oxygens (including phenoxy) is 1. The molecule has 2 heterocycles. The summed E-state index contributed by atoms with van der Waals surface area (Å²) in [6, 6.07) is 8.30. The molecule has 0 unspecified atom stereocenters. The Kier molecular flexibility index (Phi) is 4.81.